The van der Waals surface area contributed by atoms with Gasteiger partial charge in [-0.25, -0.2) is 0 Å². The molecule has 0 N–H and O–H groups in total. The Morgan fingerprint density at radius 3 is 2.43 bits per heavy atom. The summed E-state index contributed by atoms with van der Waals surface area (Å²) in [7, 11) is 0. The van der Waals surface area contributed by atoms with E-state index in [1.807, 2.05) is 0 Å². The molecule has 0 unspecified atom stereocenters. The minimum atomic E-state index is 0.606. The summed E-state index contributed by atoms with van der Waals surface area (Å²) >= 11 is 0. The van der Waals surface area contributed by atoms with Crippen molar-refractivity contribution in [1.29, 1.82) is 0 Å². The van der Waals surface area contributed by atoms with Gasteiger partial charge in [0, 0.05) is 0 Å². The number of rotatable bonds is 1. The predicted octanol–water partition coefficient (Wildman–Crippen LogP) is 4.22. The molecular formula is C14H16. The van der Waals surface area contributed by atoms with Crippen LogP contribution in [0.15, 0.2) is 36.4 Å². The van der Waals surface area contributed by atoms with E-state index in [1.165, 1.54) is 22.3 Å². The van der Waals surface area contributed by atoms with Crippen LogP contribution < -0.4 is 0 Å². The summed E-state index contributed by atoms with van der Waals surface area (Å²) in [4.78, 5) is 0. The van der Waals surface area contributed by atoms with Crippen LogP contribution in [0.3, 0.4) is 0 Å². The highest BCUT2D eigenvalue weighted by molar-refractivity contribution is 5.82. The van der Waals surface area contributed by atoms with Crippen LogP contribution >= 0.6 is 0 Å². The second-order valence-electron chi connectivity index (χ2n) is 4.18. The molecule has 2 rings (SSSR count). The molecule has 2 aliphatic rings. The fourth-order valence-electron chi connectivity index (χ4n) is 1.98. The normalized spacial score (nSPS) is 11.1. The van der Waals surface area contributed by atoms with Crippen LogP contribution in [0.25, 0.3) is 11.1 Å². The molecule has 0 aromatic heterocycles. The lowest BCUT2D eigenvalue weighted by Crippen LogP contribution is -1.88. The molecule has 0 radical (unpaired) electrons. The Labute approximate surface area is 85.9 Å². The van der Waals surface area contributed by atoms with Crippen LogP contribution in [0.1, 0.15) is 30.9 Å². The Morgan fingerprint density at radius 2 is 1.71 bits per heavy atom. The molecular weight excluding hydrogens is 168 g/mol. The van der Waals surface area contributed by atoms with Crippen LogP contribution in [-0.2, 0) is 0 Å². The maximum absolute atomic E-state index is 2.27. The summed E-state index contributed by atoms with van der Waals surface area (Å²) in [5.41, 5.74) is 5.74. The zero-order chi connectivity index (χ0) is 10.1. The van der Waals surface area contributed by atoms with Gasteiger partial charge in [0.1, 0.15) is 0 Å². The molecule has 72 valence electrons. The summed E-state index contributed by atoms with van der Waals surface area (Å²) in [5, 5.41) is 0. The smallest absolute Gasteiger partial charge is 0.0140 e. The zero-order valence-corrected chi connectivity index (χ0v) is 9.04. The van der Waals surface area contributed by atoms with Gasteiger partial charge in [0.2, 0.25) is 0 Å². The maximum atomic E-state index is 2.27. The SMILES string of the molecule is Cc1cccccc2cc-2c1C(C)C. The standard InChI is InChI=1S/C14H16/c1-10(2)14-11(3)7-5-4-6-8-12-9-13(12)14/h4-10H,1-3H3. The van der Waals surface area contributed by atoms with E-state index in [-0.39, 0.29) is 0 Å². The lowest BCUT2D eigenvalue weighted by molar-refractivity contribution is 0.863. The third kappa shape index (κ3) is 1.65. The Balaban J connectivity index is 2.62. The number of fused-ring (bicyclic) bond motifs is 1. The molecule has 14 heavy (non-hydrogen) atoms. The Kier molecular flexibility index (Phi) is 2.28. The van der Waals surface area contributed by atoms with Crippen LogP contribution in [0.4, 0.5) is 0 Å². The van der Waals surface area contributed by atoms with E-state index >= 15 is 0 Å². The summed E-state index contributed by atoms with van der Waals surface area (Å²) < 4.78 is 0. The third-order valence-corrected chi connectivity index (χ3v) is 2.66. The molecule has 0 heterocycles. The van der Waals surface area contributed by atoms with Crippen molar-refractivity contribution in [3.63, 3.8) is 0 Å². The molecule has 0 atom stereocenters. The van der Waals surface area contributed by atoms with Gasteiger partial charge in [0.15, 0.2) is 0 Å². The minimum absolute atomic E-state index is 0.606. The number of hydrogen-bond acceptors (Lipinski definition) is 0. The van der Waals surface area contributed by atoms with Crippen molar-refractivity contribution in [3.8, 4) is 11.1 Å². The van der Waals surface area contributed by atoms with E-state index in [0.29, 0.717) is 5.92 Å². The fourth-order valence-corrected chi connectivity index (χ4v) is 1.98. The van der Waals surface area contributed by atoms with Crippen LogP contribution in [0.5, 0.6) is 0 Å². The lowest BCUT2D eigenvalue weighted by atomic mass is 9.98. The molecule has 0 fully saturated rings. The van der Waals surface area contributed by atoms with Gasteiger partial charge in [-0.3, -0.25) is 0 Å². The molecule has 0 saturated carbocycles. The summed E-state index contributed by atoms with van der Waals surface area (Å²) in [5.74, 6) is 0.606. The molecule has 0 amide bonds. The van der Waals surface area contributed by atoms with Crippen molar-refractivity contribution in [2.24, 2.45) is 0 Å². The van der Waals surface area contributed by atoms with Crippen molar-refractivity contribution < 1.29 is 0 Å². The first-order valence-electron chi connectivity index (χ1n) is 5.18. The Bertz CT molecular complexity index is 413. The Morgan fingerprint density at radius 1 is 1.00 bits per heavy atom. The van der Waals surface area contributed by atoms with Crippen molar-refractivity contribution in [3.05, 3.63) is 47.5 Å². The molecule has 0 aliphatic heterocycles. The fraction of sp³-hybridized carbons (Fsp3) is 0.286. The molecule has 0 bridgehead atoms. The highest BCUT2D eigenvalue weighted by atomic mass is 14.2. The van der Waals surface area contributed by atoms with E-state index in [4.69, 9.17) is 0 Å². The van der Waals surface area contributed by atoms with Gasteiger partial charge in [0.05, 0.1) is 0 Å². The number of aryl methyl sites for hydroxylation is 1. The second kappa shape index (κ2) is 3.45. The predicted molar refractivity (Wildman–Crippen MR) is 61.9 cm³/mol. The average Bonchev–Trinajstić information content (AvgIpc) is 2.82. The average molecular weight is 184 g/mol. The van der Waals surface area contributed by atoms with Crippen LogP contribution in [0.2, 0.25) is 0 Å². The van der Waals surface area contributed by atoms with Gasteiger partial charge in [-0.15, -0.1) is 0 Å². The largest absolute Gasteiger partial charge is 0.0622 e. The minimum Gasteiger partial charge on any atom is -0.0622 e. The van der Waals surface area contributed by atoms with Gasteiger partial charge >= 0.3 is 0 Å². The van der Waals surface area contributed by atoms with E-state index in [1.54, 1.807) is 0 Å². The summed E-state index contributed by atoms with van der Waals surface area (Å²) in [6, 6.07) is 12.9. The van der Waals surface area contributed by atoms with Crippen molar-refractivity contribution in [1.82, 2.24) is 0 Å². The second-order valence-corrected chi connectivity index (χ2v) is 4.18. The highest BCUT2D eigenvalue weighted by Gasteiger charge is 2.16. The van der Waals surface area contributed by atoms with Gasteiger partial charge in [-0.05, 0) is 41.2 Å². The lowest BCUT2D eigenvalue weighted by Gasteiger charge is -2.06. The van der Waals surface area contributed by atoms with Crippen molar-refractivity contribution in [2.75, 3.05) is 0 Å². The number of hydrogen-bond donors (Lipinski definition) is 0. The van der Waals surface area contributed by atoms with Gasteiger partial charge in [-0.2, -0.15) is 0 Å². The monoisotopic (exact) mass is 184 g/mol. The van der Waals surface area contributed by atoms with Crippen LogP contribution in [0, 0.1) is 6.92 Å². The molecule has 0 aromatic carbocycles. The van der Waals surface area contributed by atoms with E-state index in [0.717, 1.165) is 0 Å². The maximum Gasteiger partial charge on any atom is -0.0140 e. The quantitative estimate of drug-likeness (QED) is 0.622. The topological polar surface area (TPSA) is 0 Å². The van der Waals surface area contributed by atoms with Crippen LogP contribution in [-0.4, -0.2) is 0 Å². The van der Waals surface area contributed by atoms with Gasteiger partial charge < -0.3 is 0 Å². The van der Waals surface area contributed by atoms with Crippen molar-refractivity contribution >= 4 is 0 Å². The zero-order valence-electron chi connectivity index (χ0n) is 9.04. The Hall–Kier alpha value is -1.30. The molecule has 2 aliphatic carbocycles. The summed E-state index contributed by atoms with van der Waals surface area (Å²) in [6.45, 7) is 6.71. The van der Waals surface area contributed by atoms with Gasteiger partial charge in [-0.1, -0.05) is 44.2 Å². The summed E-state index contributed by atoms with van der Waals surface area (Å²) in [6.07, 6.45) is 0. The third-order valence-electron chi connectivity index (χ3n) is 2.66. The first-order chi connectivity index (χ1) is 6.70. The first-order valence-corrected chi connectivity index (χ1v) is 5.18. The molecule has 0 heteroatoms. The molecule has 0 spiro atoms. The van der Waals surface area contributed by atoms with E-state index in [2.05, 4.69) is 57.2 Å². The van der Waals surface area contributed by atoms with Crippen molar-refractivity contribution in [2.45, 2.75) is 26.7 Å². The van der Waals surface area contributed by atoms with E-state index in [9.17, 15) is 0 Å². The molecule has 0 aromatic rings. The van der Waals surface area contributed by atoms with Gasteiger partial charge in [0.25, 0.3) is 0 Å². The highest BCUT2D eigenvalue weighted by Crippen LogP contribution is 2.39. The van der Waals surface area contributed by atoms with E-state index < -0.39 is 0 Å². The first kappa shape index (κ1) is 9.26. The molecule has 0 saturated heterocycles. The molecule has 0 nitrogen and oxygen atoms in total.